The Morgan fingerprint density at radius 3 is 2.33 bits per heavy atom. The van der Waals surface area contributed by atoms with Crippen molar-refractivity contribution in [2.75, 3.05) is 0 Å². The topological polar surface area (TPSA) is 78.6 Å². The van der Waals surface area contributed by atoms with Crippen molar-refractivity contribution in [2.45, 2.75) is 124 Å². The number of carbonyl (C=O) groups is 2. The van der Waals surface area contributed by atoms with Crippen molar-refractivity contribution in [3.8, 4) is 5.75 Å². The van der Waals surface area contributed by atoms with Gasteiger partial charge in [-0.1, -0.05) is 96.5 Å². The number of allylic oxidation sites excluding steroid dienone is 2. The van der Waals surface area contributed by atoms with Crippen LogP contribution in [0.4, 0.5) is 0 Å². The maximum atomic E-state index is 13.7. The summed E-state index contributed by atoms with van der Waals surface area (Å²) >= 11 is 5.28. The van der Waals surface area contributed by atoms with E-state index in [0.717, 1.165) is 37.0 Å². The molecule has 11 atom stereocenters. The first-order chi connectivity index (χ1) is 22.9. The average Bonchev–Trinajstić information content (AvgIpc) is 3.40. The SMILES string of the molecule is CC(N)/C=C\C=C(/C=S)C(=O)OC1CC2C3CCC(C(C)CCCC(C)C)C3(C)CCC2C2(C)CCC(C(=O)Oc3ccccc3)CC12. The standard InChI is InChI=1S/C42H61NO4S/c1-27(2)12-10-13-28(3)34-18-19-35-33-25-38(47-40(45)31(26-48)15-11-14-29(4)43)37-24-30(39(44)46-32-16-8-7-9-17-32)20-22-42(37,6)36(33)21-23-41(34,35)5/h7-9,11,14-17,26-30,33-38H,10,12-13,18-25,43H2,1-6H3/b14-11-,31-15+. The lowest BCUT2D eigenvalue weighted by atomic mass is 9.43. The highest BCUT2D eigenvalue weighted by Crippen LogP contribution is 2.69. The number of thiocarbonyl (C=S) groups is 1. The lowest BCUT2D eigenvalue weighted by Crippen LogP contribution is -2.59. The van der Waals surface area contributed by atoms with Crippen LogP contribution in [0.2, 0.25) is 0 Å². The zero-order chi connectivity index (χ0) is 34.6. The zero-order valence-electron chi connectivity index (χ0n) is 30.4. The third kappa shape index (κ3) is 7.85. The second-order valence-corrected chi connectivity index (χ2v) is 17.1. The van der Waals surface area contributed by atoms with Gasteiger partial charge in [-0.05, 0) is 123 Å². The van der Waals surface area contributed by atoms with Crippen molar-refractivity contribution >= 4 is 29.5 Å². The minimum atomic E-state index is -0.374. The predicted octanol–water partition coefficient (Wildman–Crippen LogP) is 9.68. The van der Waals surface area contributed by atoms with E-state index in [2.05, 4.69) is 34.6 Å². The maximum absolute atomic E-state index is 13.7. The Morgan fingerprint density at radius 1 is 0.938 bits per heavy atom. The third-order valence-electron chi connectivity index (χ3n) is 13.5. The lowest BCUT2D eigenvalue weighted by Gasteiger charge is -2.62. The smallest absolute Gasteiger partial charge is 0.339 e. The van der Waals surface area contributed by atoms with E-state index >= 15 is 0 Å². The van der Waals surface area contributed by atoms with E-state index in [1.165, 1.54) is 50.3 Å². The molecule has 264 valence electrons. The van der Waals surface area contributed by atoms with Gasteiger partial charge in [-0.2, -0.15) is 0 Å². The Balaban J connectivity index is 1.40. The van der Waals surface area contributed by atoms with Gasteiger partial charge in [-0.3, -0.25) is 4.79 Å². The van der Waals surface area contributed by atoms with Crippen LogP contribution in [0, 0.1) is 58.2 Å². The Morgan fingerprint density at radius 2 is 1.65 bits per heavy atom. The molecule has 5 rings (SSSR count). The van der Waals surface area contributed by atoms with Crippen molar-refractivity contribution in [2.24, 2.45) is 63.9 Å². The number of para-hydroxylation sites is 1. The number of nitrogens with two attached hydrogens (primary N) is 1. The molecule has 5 nitrogen and oxygen atoms in total. The van der Waals surface area contributed by atoms with Gasteiger partial charge in [0.1, 0.15) is 11.9 Å². The zero-order valence-corrected chi connectivity index (χ0v) is 31.2. The van der Waals surface area contributed by atoms with E-state index in [9.17, 15) is 9.59 Å². The molecule has 0 bridgehead atoms. The van der Waals surface area contributed by atoms with Crippen LogP contribution >= 0.6 is 12.2 Å². The van der Waals surface area contributed by atoms with Gasteiger partial charge in [0.15, 0.2) is 0 Å². The number of ether oxygens (including phenoxy) is 2. The van der Waals surface area contributed by atoms with Crippen LogP contribution < -0.4 is 10.5 Å². The quantitative estimate of drug-likeness (QED) is 0.0782. The highest BCUT2D eigenvalue weighted by molar-refractivity contribution is 7.79. The van der Waals surface area contributed by atoms with Crippen LogP contribution in [0.15, 0.2) is 54.1 Å². The molecule has 0 heterocycles. The molecule has 0 aliphatic heterocycles. The summed E-state index contributed by atoms with van der Waals surface area (Å²) in [5.74, 6) is 3.90. The minimum Gasteiger partial charge on any atom is -0.458 e. The molecule has 4 aliphatic rings. The van der Waals surface area contributed by atoms with Crippen LogP contribution in [0.3, 0.4) is 0 Å². The highest BCUT2D eigenvalue weighted by Gasteiger charge is 2.63. The second-order valence-electron chi connectivity index (χ2n) is 16.9. The molecule has 0 saturated heterocycles. The second kappa shape index (κ2) is 15.7. The molecule has 0 aromatic heterocycles. The van der Waals surface area contributed by atoms with Crippen LogP contribution in [0.5, 0.6) is 5.75 Å². The molecule has 1 aromatic carbocycles. The van der Waals surface area contributed by atoms with Crippen LogP contribution in [0.1, 0.15) is 112 Å². The molecule has 4 fully saturated rings. The highest BCUT2D eigenvalue weighted by atomic mass is 32.1. The van der Waals surface area contributed by atoms with E-state index in [1.54, 1.807) is 12.2 Å². The molecule has 1 aromatic rings. The fraction of sp³-hybridized carbons (Fsp3) is 0.690. The number of esters is 2. The van der Waals surface area contributed by atoms with Crippen LogP contribution in [0.25, 0.3) is 0 Å². The molecule has 4 aliphatic carbocycles. The molecule has 4 saturated carbocycles. The van der Waals surface area contributed by atoms with Crippen molar-refractivity contribution in [3.05, 3.63) is 54.1 Å². The molecule has 0 radical (unpaired) electrons. The number of benzene rings is 1. The van der Waals surface area contributed by atoms with Gasteiger partial charge < -0.3 is 15.2 Å². The van der Waals surface area contributed by atoms with Gasteiger partial charge in [0, 0.05) is 17.3 Å². The molecular formula is C42H61NO4S. The normalized spacial score (nSPS) is 36.1. The fourth-order valence-corrected chi connectivity index (χ4v) is 11.2. The Labute approximate surface area is 295 Å². The molecule has 48 heavy (non-hydrogen) atoms. The lowest BCUT2D eigenvalue weighted by molar-refractivity contribution is -0.189. The Hall–Kier alpha value is -2.31. The maximum Gasteiger partial charge on any atom is 0.339 e. The minimum absolute atomic E-state index is 0.00384. The largest absolute Gasteiger partial charge is 0.458 e. The van der Waals surface area contributed by atoms with Gasteiger partial charge in [0.2, 0.25) is 0 Å². The molecule has 0 amide bonds. The summed E-state index contributed by atoms with van der Waals surface area (Å²) in [5.41, 5.74) is 6.58. The summed E-state index contributed by atoms with van der Waals surface area (Å²) in [6.45, 7) is 14.1. The molecule has 11 unspecified atom stereocenters. The van der Waals surface area contributed by atoms with E-state index in [0.29, 0.717) is 40.9 Å². The first-order valence-corrected chi connectivity index (χ1v) is 19.4. The third-order valence-corrected chi connectivity index (χ3v) is 13.7. The Kier molecular flexibility index (Phi) is 12.1. The van der Waals surface area contributed by atoms with Crippen molar-refractivity contribution in [1.29, 1.82) is 0 Å². The van der Waals surface area contributed by atoms with E-state index in [1.807, 2.05) is 43.3 Å². The average molecular weight is 676 g/mol. The molecule has 0 spiro atoms. The summed E-state index contributed by atoms with van der Waals surface area (Å²) in [7, 11) is 0. The number of carbonyl (C=O) groups excluding carboxylic acids is 2. The number of hydrogen-bond donors (Lipinski definition) is 1. The fourth-order valence-electron chi connectivity index (χ4n) is 11.0. The Bertz CT molecular complexity index is 1340. The van der Waals surface area contributed by atoms with Gasteiger partial charge >= 0.3 is 11.9 Å². The first-order valence-electron chi connectivity index (χ1n) is 18.9. The summed E-state index contributed by atoms with van der Waals surface area (Å²) < 4.78 is 12.4. The van der Waals surface area contributed by atoms with Crippen LogP contribution in [-0.2, 0) is 14.3 Å². The number of fused-ring (bicyclic) bond motifs is 5. The van der Waals surface area contributed by atoms with Crippen molar-refractivity contribution < 1.29 is 19.1 Å². The van der Waals surface area contributed by atoms with E-state index in [4.69, 9.17) is 27.4 Å². The summed E-state index contributed by atoms with van der Waals surface area (Å²) in [5, 5.41) is 1.42. The van der Waals surface area contributed by atoms with Crippen LogP contribution in [-0.4, -0.2) is 29.5 Å². The molecule has 2 N–H and O–H groups in total. The van der Waals surface area contributed by atoms with Gasteiger partial charge in [0.25, 0.3) is 0 Å². The summed E-state index contributed by atoms with van der Waals surface area (Å²) in [4.78, 5) is 27.3. The van der Waals surface area contributed by atoms with E-state index < -0.39 is 0 Å². The van der Waals surface area contributed by atoms with Gasteiger partial charge in [-0.15, -0.1) is 0 Å². The predicted molar refractivity (Wildman–Crippen MR) is 198 cm³/mol. The number of rotatable bonds is 12. The van der Waals surface area contributed by atoms with Gasteiger partial charge in [0.05, 0.1) is 11.5 Å². The molecular weight excluding hydrogens is 615 g/mol. The number of hydrogen-bond acceptors (Lipinski definition) is 6. The van der Waals surface area contributed by atoms with Gasteiger partial charge in [-0.25, -0.2) is 4.79 Å². The summed E-state index contributed by atoms with van der Waals surface area (Å²) in [6.07, 6.45) is 17.4. The van der Waals surface area contributed by atoms with Crippen molar-refractivity contribution in [3.63, 3.8) is 0 Å². The monoisotopic (exact) mass is 675 g/mol. The van der Waals surface area contributed by atoms with E-state index in [-0.39, 0.29) is 41.3 Å². The molecule has 6 heteroatoms. The first kappa shape index (κ1) is 37.0. The van der Waals surface area contributed by atoms with Crippen molar-refractivity contribution in [1.82, 2.24) is 0 Å². The summed E-state index contributed by atoms with van der Waals surface area (Å²) in [6, 6.07) is 9.24.